The molecule has 0 amide bonds. The molecule has 0 fully saturated rings. The quantitative estimate of drug-likeness (QED) is 0.437. The van der Waals surface area contributed by atoms with Gasteiger partial charge < -0.3 is 9.84 Å². The Kier molecular flexibility index (Phi) is 6.69. The highest BCUT2D eigenvalue weighted by molar-refractivity contribution is 5.94. The lowest BCUT2D eigenvalue weighted by Crippen LogP contribution is -2.31. The molecule has 0 spiro atoms. The minimum absolute atomic E-state index is 0.0269. The number of nitrogens with zero attached hydrogens (tertiary/aromatic N) is 2. The van der Waals surface area contributed by atoms with E-state index in [4.69, 9.17) is 4.74 Å². The first-order valence-corrected chi connectivity index (χ1v) is 9.80. The molecule has 1 heterocycles. The van der Waals surface area contributed by atoms with Gasteiger partial charge in [0.15, 0.2) is 5.78 Å². The number of carbonyl (C=O) groups is 1. The molecule has 2 aromatic carbocycles. The number of hydrogen-bond donors (Lipinski definition) is 1. The summed E-state index contributed by atoms with van der Waals surface area (Å²) in [6, 6.07) is 14.5. The van der Waals surface area contributed by atoms with Gasteiger partial charge in [-0.15, -0.1) is 6.58 Å². The Morgan fingerprint density at radius 2 is 1.90 bits per heavy atom. The van der Waals surface area contributed by atoms with Gasteiger partial charge >= 0.3 is 5.69 Å². The zero-order chi connectivity index (χ0) is 21.7. The van der Waals surface area contributed by atoms with Crippen molar-refractivity contribution < 1.29 is 14.6 Å². The summed E-state index contributed by atoms with van der Waals surface area (Å²) in [4.78, 5) is 24.3. The summed E-state index contributed by atoms with van der Waals surface area (Å²) >= 11 is 0. The SMILES string of the molecule is C=CCc1ccccc1OCC(O)Cn1cc(C)n(-c2ccc(C(C)=O)cc2)c1=O. The summed E-state index contributed by atoms with van der Waals surface area (Å²) in [5.74, 6) is 0.670. The molecular weight excluding hydrogens is 380 g/mol. The molecular formula is C24H26N2O4. The first-order chi connectivity index (χ1) is 14.4. The van der Waals surface area contributed by atoms with Crippen molar-refractivity contribution in [2.45, 2.75) is 32.9 Å². The number of imidazole rings is 1. The molecule has 0 saturated carbocycles. The molecule has 1 aromatic heterocycles. The predicted octanol–water partition coefficient (Wildman–Crippen LogP) is 3.32. The van der Waals surface area contributed by atoms with E-state index < -0.39 is 6.10 Å². The number of hydrogen-bond acceptors (Lipinski definition) is 4. The number of rotatable bonds is 9. The van der Waals surface area contributed by atoms with E-state index >= 15 is 0 Å². The molecule has 1 N–H and O–H groups in total. The molecule has 156 valence electrons. The van der Waals surface area contributed by atoms with Crippen LogP contribution in [0, 0.1) is 6.92 Å². The maximum absolute atomic E-state index is 12.9. The monoisotopic (exact) mass is 406 g/mol. The van der Waals surface area contributed by atoms with E-state index in [1.807, 2.05) is 31.2 Å². The van der Waals surface area contributed by atoms with E-state index in [1.165, 1.54) is 11.5 Å². The Bertz CT molecular complexity index is 1090. The highest BCUT2D eigenvalue weighted by atomic mass is 16.5. The van der Waals surface area contributed by atoms with Crippen molar-refractivity contribution in [2.75, 3.05) is 6.61 Å². The molecule has 30 heavy (non-hydrogen) atoms. The Morgan fingerprint density at radius 3 is 2.57 bits per heavy atom. The number of aromatic nitrogens is 2. The number of aryl methyl sites for hydroxylation is 1. The summed E-state index contributed by atoms with van der Waals surface area (Å²) in [5, 5.41) is 10.4. The average molecular weight is 406 g/mol. The number of benzene rings is 2. The highest BCUT2D eigenvalue weighted by Crippen LogP contribution is 2.19. The fourth-order valence-electron chi connectivity index (χ4n) is 3.34. The van der Waals surface area contributed by atoms with Gasteiger partial charge in [-0.3, -0.25) is 13.9 Å². The van der Waals surface area contributed by atoms with E-state index in [1.54, 1.807) is 41.1 Å². The second-order valence-corrected chi connectivity index (χ2v) is 7.21. The molecule has 3 rings (SSSR count). The normalized spacial score (nSPS) is 11.8. The van der Waals surface area contributed by atoms with E-state index in [0.29, 0.717) is 23.4 Å². The lowest BCUT2D eigenvalue weighted by Gasteiger charge is -2.14. The van der Waals surface area contributed by atoms with E-state index in [0.717, 1.165) is 11.3 Å². The van der Waals surface area contributed by atoms with Gasteiger partial charge in [-0.25, -0.2) is 4.79 Å². The van der Waals surface area contributed by atoms with Crippen molar-refractivity contribution in [1.82, 2.24) is 9.13 Å². The van der Waals surface area contributed by atoms with Gasteiger partial charge in [0.2, 0.25) is 0 Å². The van der Waals surface area contributed by atoms with Crippen LogP contribution in [0.1, 0.15) is 28.5 Å². The molecule has 6 heteroatoms. The van der Waals surface area contributed by atoms with E-state index in [2.05, 4.69) is 6.58 Å². The van der Waals surface area contributed by atoms with Gasteiger partial charge in [0.25, 0.3) is 0 Å². The van der Waals surface area contributed by atoms with Gasteiger partial charge in [0.1, 0.15) is 18.5 Å². The second kappa shape index (κ2) is 9.41. The molecule has 1 atom stereocenters. The number of aliphatic hydroxyl groups excluding tert-OH is 1. The second-order valence-electron chi connectivity index (χ2n) is 7.21. The predicted molar refractivity (Wildman–Crippen MR) is 117 cm³/mol. The van der Waals surface area contributed by atoms with Crippen molar-refractivity contribution >= 4 is 5.78 Å². The van der Waals surface area contributed by atoms with Crippen LogP contribution >= 0.6 is 0 Å². The van der Waals surface area contributed by atoms with Crippen LogP contribution in [-0.4, -0.2) is 32.7 Å². The number of ether oxygens (including phenoxy) is 1. The van der Waals surface area contributed by atoms with Crippen LogP contribution in [0.25, 0.3) is 5.69 Å². The van der Waals surface area contributed by atoms with Gasteiger partial charge in [-0.1, -0.05) is 24.3 Å². The smallest absolute Gasteiger partial charge is 0.333 e. The third-order valence-electron chi connectivity index (χ3n) is 4.84. The number of carbonyl (C=O) groups excluding carboxylic acids is 1. The van der Waals surface area contributed by atoms with Crippen LogP contribution in [-0.2, 0) is 13.0 Å². The molecule has 6 nitrogen and oxygen atoms in total. The number of ketones is 1. The number of Topliss-reactive ketones (excluding diaryl/α,β-unsaturated/α-hetero) is 1. The third kappa shape index (κ3) is 4.78. The van der Waals surface area contributed by atoms with E-state index in [-0.39, 0.29) is 24.6 Å². The number of aliphatic hydroxyl groups is 1. The van der Waals surface area contributed by atoms with Crippen LogP contribution in [0.4, 0.5) is 0 Å². The van der Waals surface area contributed by atoms with Crippen LogP contribution < -0.4 is 10.4 Å². The van der Waals surface area contributed by atoms with Crippen molar-refractivity contribution in [2.24, 2.45) is 0 Å². The fourth-order valence-corrected chi connectivity index (χ4v) is 3.34. The topological polar surface area (TPSA) is 73.5 Å². The summed E-state index contributed by atoms with van der Waals surface area (Å²) in [6.45, 7) is 7.25. The largest absolute Gasteiger partial charge is 0.491 e. The molecule has 1 unspecified atom stereocenters. The van der Waals surface area contributed by atoms with Crippen LogP contribution in [0.15, 0.2) is 72.2 Å². The van der Waals surface area contributed by atoms with Gasteiger partial charge in [0, 0.05) is 17.5 Å². The maximum Gasteiger partial charge on any atom is 0.333 e. The Morgan fingerprint density at radius 1 is 1.20 bits per heavy atom. The Hall–Kier alpha value is -3.38. The Labute approximate surface area is 175 Å². The van der Waals surface area contributed by atoms with Crippen molar-refractivity contribution in [3.05, 3.63) is 94.7 Å². The van der Waals surface area contributed by atoms with Crippen molar-refractivity contribution in [3.63, 3.8) is 0 Å². The average Bonchev–Trinajstić information content (AvgIpc) is 3.00. The lowest BCUT2D eigenvalue weighted by molar-refractivity contribution is 0.0912. The molecule has 0 radical (unpaired) electrons. The molecule has 0 aliphatic heterocycles. The standard InChI is InChI=1S/C24H26N2O4/c1-4-7-20-8-5-6-9-23(20)30-16-22(28)15-25-14-17(2)26(24(25)29)21-12-10-19(11-13-21)18(3)27/h4-6,8-14,22,28H,1,7,15-16H2,2-3H3. The highest BCUT2D eigenvalue weighted by Gasteiger charge is 2.15. The minimum Gasteiger partial charge on any atom is -0.491 e. The first-order valence-electron chi connectivity index (χ1n) is 9.80. The maximum atomic E-state index is 12.9. The molecule has 0 bridgehead atoms. The molecule has 0 aliphatic carbocycles. The summed E-state index contributed by atoms with van der Waals surface area (Å²) in [6.07, 6.45) is 3.33. The van der Waals surface area contributed by atoms with Gasteiger partial charge in [0.05, 0.1) is 12.2 Å². The molecule has 0 saturated heterocycles. The van der Waals surface area contributed by atoms with Gasteiger partial charge in [-0.2, -0.15) is 0 Å². The zero-order valence-electron chi connectivity index (χ0n) is 17.2. The fraction of sp³-hybridized carbons (Fsp3) is 0.250. The molecule has 3 aromatic rings. The summed E-state index contributed by atoms with van der Waals surface area (Å²) in [5.41, 5.74) is 2.74. The van der Waals surface area contributed by atoms with E-state index in [9.17, 15) is 14.7 Å². The summed E-state index contributed by atoms with van der Waals surface area (Å²) in [7, 11) is 0. The van der Waals surface area contributed by atoms with Crippen molar-refractivity contribution in [3.8, 4) is 11.4 Å². The third-order valence-corrected chi connectivity index (χ3v) is 4.84. The molecule has 0 aliphatic rings. The number of para-hydroxylation sites is 1. The Balaban J connectivity index is 1.72. The zero-order valence-corrected chi connectivity index (χ0v) is 17.2. The van der Waals surface area contributed by atoms with Gasteiger partial charge in [-0.05, 0) is 56.2 Å². The minimum atomic E-state index is -0.852. The van der Waals surface area contributed by atoms with Crippen LogP contribution in [0.3, 0.4) is 0 Å². The first kappa shape index (κ1) is 21.3. The lowest BCUT2D eigenvalue weighted by atomic mass is 10.1. The number of allylic oxidation sites excluding steroid dienone is 1. The van der Waals surface area contributed by atoms with Crippen LogP contribution in [0.2, 0.25) is 0 Å². The van der Waals surface area contributed by atoms with Crippen molar-refractivity contribution in [1.29, 1.82) is 0 Å². The summed E-state index contributed by atoms with van der Waals surface area (Å²) < 4.78 is 8.79. The van der Waals surface area contributed by atoms with Crippen LogP contribution in [0.5, 0.6) is 5.75 Å².